The van der Waals surface area contributed by atoms with E-state index in [9.17, 15) is 9.18 Å². The summed E-state index contributed by atoms with van der Waals surface area (Å²) in [6, 6.07) is 4.70. The molecule has 1 aromatic rings. The van der Waals surface area contributed by atoms with Gasteiger partial charge in [0.25, 0.3) is 0 Å². The van der Waals surface area contributed by atoms with Crippen LogP contribution in [0.2, 0.25) is 0 Å². The molecule has 0 aliphatic carbocycles. The number of amides is 1. The lowest BCUT2D eigenvalue weighted by molar-refractivity contribution is 0.1000. The van der Waals surface area contributed by atoms with Gasteiger partial charge in [0.15, 0.2) is 0 Å². The SMILES string of the molecule is CC(C)CCC(C)NCc1ccc(C(N)=O)cc1F. The van der Waals surface area contributed by atoms with Crippen LogP contribution in [0.1, 0.15) is 49.5 Å². The van der Waals surface area contributed by atoms with Crippen LogP contribution in [0.25, 0.3) is 0 Å². The van der Waals surface area contributed by atoms with Crippen LogP contribution in [0.5, 0.6) is 0 Å². The molecule has 0 saturated carbocycles. The molecule has 0 aliphatic rings. The van der Waals surface area contributed by atoms with E-state index in [1.807, 2.05) is 0 Å². The van der Waals surface area contributed by atoms with Gasteiger partial charge >= 0.3 is 0 Å². The first-order valence-electron chi connectivity index (χ1n) is 6.71. The van der Waals surface area contributed by atoms with Crippen molar-refractivity contribution in [1.29, 1.82) is 0 Å². The van der Waals surface area contributed by atoms with E-state index in [0.29, 0.717) is 24.1 Å². The minimum Gasteiger partial charge on any atom is -0.366 e. The number of rotatable bonds is 7. The lowest BCUT2D eigenvalue weighted by Gasteiger charge is -2.15. The highest BCUT2D eigenvalue weighted by Crippen LogP contribution is 2.11. The highest BCUT2D eigenvalue weighted by Gasteiger charge is 2.08. The molecule has 0 saturated heterocycles. The second kappa shape index (κ2) is 7.24. The van der Waals surface area contributed by atoms with E-state index in [1.54, 1.807) is 12.1 Å². The van der Waals surface area contributed by atoms with Crippen LogP contribution in [-0.4, -0.2) is 11.9 Å². The molecule has 0 aliphatic heterocycles. The number of hydrogen-bond acceptors (Lipinski definition) is 2. The predicted molar refractivity (Wildman–Crippen MR) is 75.3 cm³/mol. The number of carbonyl (C=O) groups excluding carboxylic acids is 1. The fraction of sp³-hybridized carbons (Fsp3) is 0.533. The van der Waals surface area contributed by atoms with Crippen LogP contribution in [-0.2, 0) is 6.54 Å². The highest BCUT2D eigenvalue weighted by molar-refractivity contribution is 5.92. The zero-order chi connectivity index (χ0) is 14.4. The number of hydrogen-bond donors (Lipinski definition) is 2. The van der Waals surface area contributed by atoms with Crippen molar-refractivity contribution in [3.8, 4) is 0 Å². The highest BCUT2D eigenvalue weighted by atomic mass is 19.1. The first kappa shape index (κ1) is 15.6. The van der Waals surface area contributed by atoms with E-state index in [1.165, 1.54) is 6.07 Å². The Bertz CT molecular complexity index is 432. The maximum Gasteiger partial charge on any atom is 0.248 e. The molecule has 0 heterocycles. The summed E-state index contributed by atoms with van der Waals surface area (Å²) in [5.41, 5.74) is 5.86. The van der Waals surface area contributed by atoms with Gasteiger partial charge in [-0.25, -0.2) is 4.39 Å². The van der Waals surface area contributed by atoms with Crippen LogP contribution >= 0.6 is 0 Å². The zero-order valence-corrected chi connectivity index (χ0v) is 11.9. The van der Waals surface area contributed by atoms with Gasteiger partial charge in [-0.05, 0) is 37.8 Å². The lowest BCUT2D eigenvalue weighted by atomic mass is 10.0. The second-order valence-corrected chi connectivity index (χ2v) is 5.42. The monoisotopic (exact) mass is 266 g/mol. The molecule has 3 nitrogen and oxygen atoms in total. The zero-order valence-electron chi connectivity index (χ0n) is 11.9. The number of carbonyl (C=O) groups is 1. The Balaban J connectivity index is 2.51. The first-order valence-corrected chi connectivity index (χ1v) is 6.71. The standard InChI is InChI=1S/C15H23FN2O/c1-10(2)4-5-11(3)18-9-13-7-6-12(15(17)19)8-14(13)16/h6-8,10-11,18H,4-5,9H2,1-3H3,(H2,17,19). The smallest absolute Gasteiger partial charge is 0.248 e. The minimum atomic E-state index is -0.608. The summed E-state index contributed by atoms with van der Waals surface area (Å²) in [5.74, 6) is -0.320. The average molecular weight is 266 g/mol. The van der Waals surface area contributed by atoms with Crippen molar-refractivity contribution in [2.75, 3.05) is 0 Å². The second-order valence-electron chi connectivity index (χ2n) is 5.42. The molecule has 0 aromatic heterocycles. The quantitative estimate of drug-likeness (QED) is 0.797. The van der Waals surface area contributed by atoms with Crippen molar-refractivity contribution in [3.05, 3.63) is 35.1 Å². The molecule has 0 bridgehead atoms. The van der Waals surface area contributed by atoms with E-state index in [-0.39, 0.29) is 11.4 Å². The summed E-state index contributed by atoms with van der Waals surface area (Å²) < 4.78 is 13.7. The van der Waals surface area contributed by atoms with Crippen molar-refractivity contribution >= 4 is 5.91 Å². The predicted octanol–water partition coefficient (Wildman–Crippen LogP) is 2.84. The molecule has 1 aromatic carbocycles. The van der Waals surface area contributed by atoms with Crippen molar-refractivity contribution in [1.82, 2.24) is 5.32 Å². The normalized spacial score (nSPS) is 12.7. The van der Waals surface area contributed by atoms with Crippen LogP contribution < -0.4 is 11.1 Å². The molecule has 19 heavy (non-hydrogen) atoms. The average Bonchev–Trinajstić information content (AvgIpc) is 2.34. The molecule has 1 atom stereocenters. The molecule has 3 N–H and O–H groups in total. The summed E-state index contributed by atoms with van der Waals surface area (Å²) in [7, 11) is 0. The number of primary amides is 1. The van der Waals surface area contributed by atoms with Crippen molar-refractivity contribution in [2.24, 2.45) is 11.7 Å². The van der Waals surface area contributed by atoms with Crippen LogP contribution in [0, 0.1) is 11.7 Å². The van der Waals surface area contributed by atoms with Crippen LogP contribution in [0.15, 0.2) is 18.2 Å². The van der Waals surface area contributed by atoms with E-state index in [2.05, 4.69) is 26.1 Å². The van der Waals surface area contributed by atoms with Gasteiger partial charge in [0.1, 0.15) is 5.82 Å². The van der Waals surface area contributed by atoms with E-state index in [4.69, 9.17) is 5.73 Å². The minimum absolute atomic E-state index is 0.203. The van der Waals surface area contributed by atoms with E-state index in [0.717, 1.165) is 12.8 Å². The Morgan fingerprint density at radius 2 is 2.00 bits per heavy atom. The number of nitrogens with one attached hydrogen (secondary N) is 1. The van der Waals surface area contributed by atoms with Gasteiger partial charge in [-0.3, -0.25) is 4.79 Å². The maximum absolute atomic E-state index is 13.7. The molecule has 4 heteroatoms. The molecular formula is C15H23FN2O. The van der Waals surface area contributed by atoms with Gasteiger partial charge in [-0.2, -0.15) is 0 Å². The summed E-state index contributed by atoms with van der Waals surface area (Å²) in [5, 5.41) is 3.29. The van der Waals surface area contributed by atoms with E-state index >= 15 is 0 Å². The molecule has 1 unspecified atom stereocenters. The van der Waals surface area contributed by atoms with Crippen LogP contribution in [0.4, 0.5) is 4.39 Å². The van der Waals surface area contributed by atoms with Gasteiger partial charge in [-0.1, -0.05) is 19.9 Å². The maximum atomic E-state index is 13.7. The molecule has 1 amide bonds. The van der Waals surface area contributed by atoms with Crippen LogP contribution in [0.3, 0.4) is 0 Å². The summed E-state index contributed by atoms with van der Waals surface area (Å²) in [6.07, 6.45) is 2.22. The summed E-state index contributed by atoms with van der Waals surface area (Å²) in [6.45, 7) is 6.94. The van der Waals surface area contributed by atoms with Crippen molar-refractivity contribution in [3.63, 3.8) is 0 Å². The third kappa shape index (κ3) is 5.39. The van der Waals surface area contributed by atoms with Gasteiger partial charge in [0.05, 0.1) is 0 Å². The fourth-order valence-electron chi connectivity index (χ4n) is 1.81. The Hall–Kier alpha value is -1.42. The Morgan fingerprint density at radius 3 is 2.53 bits per heavy atom. The fourth-order valence-corrected chi connectivity index (χ4v) is 1.81. The third-order valence-electron chi connectivity index (χ3n) is 3.16. The van der Waals surface area contributed by atoms with Gasteiger partial charge < -0.3 is 11.1 Å². The largest absolute Gasteiger partial charge is 0.366 e. The lowest BCUT2D eigenvalue weighted by Crippen LogP contribution is -2.26. The summed E-state index contributed by atoms with van der Waals surface area (Å²) >= 11 is 0. The first-order chi connectivity index (χ1) is 8.90. The topological polar surface area (TPSA) is 55.1 Å². The molecular weight excluding hydrogens is 243 g/mol. The van der Waals surface area contributed by atoms with E-state index < -0.39 is 5.91 Å². The Kier molecular flexibility index (Phi) is 5.96. The van der Waals surface area contributed by atoms with Crippen molar-refractivity contribution < 1.29 is 9.18 Å². The van der Waals surface area contributed by atoms with Gasteiger partial charge in [0.2, 0.25) is 5.91 Å². The van der Waals surface area contributed by atoms with Gasteiger partial charge in [-0.15, -0.1) is 0 Å². The van der Waals surface area contributed by atoms with Crippen molar-refractivity contribution in [2.45, 2.75) is 46.2 Å². The molecule has 106 valence electrons. The summed E-state index contributed by atoms with van der Waals surface area (Å²) in [4.78, 5) is 10.9. The number of nitrogens with two attached hydrogens (primary N) is 1. The Morgan fingerprint density at radius 1 is 1.32 bits per heavy atom. The Labute approximate surface area is 114 Å². The molecule has 0 radical (unpaired) electrons. The third-order valence-corrected chi connectivity index (χ3v) is 3.16. The number of halogens is 1. The number of benzene rings is 1. The van der Waals surface area contributed by atoms with Gasteiger partial charge in [0, 0.05) is 23.7 Å². The molecule has 0 fully saturated rings. The molecule has 0 spiro atoms. The molecule has 1 rings (SSSR count).